The minimum absolute atomic E-state index is 0.275. The van der Waals surface area contributed by atoms with Crippen LogP contribution in [-0.2, 0) is 0 Å². The van der Waals surface area contributed by atoms with Crippen LogP contribution in [0.3, 0.4) is 0 Å². The van der Waals surface area contributed by atoms with Crippen LogP contribution < -0.4 is 5.73 Å². The maximum atomic E-state index is 6.15. The van der Waals surface area contributed by atoms with Gasteiger partial charge in [0.1, 0.15) is 0 Å². The smallest absolute Gasteiger partial charge is 0.0447 e. The first kappa shape index (κ1) is 9.66. The van der Waals surface area contributed by atoms with E-state index >= 15 is 0 Å². The molecule has 1 aromatic rings. The van der Waals surface area contributed by atoms with Crippen molar-refractivity contribution in [2.45, 2.75) is 38.1 Å². The molecule has 2 N–H and O–H groups in total. The Bertz CT molecular complexity index is 280. The topological polar surface area (TPSA) is 38.9 Å². The van der Waals surface area contributed by atoms with E-state index in [0.717, 1.165) is 18.0 Å². The summed E-state index contributed by atoms with van der Waals surface area (Å²) in [6, 6.07) is 6.32. The average molecular weight is 190 g/mol. The van der Waals surface area contributed by atoms with Crippen molar-refractivity contribution in [1.82, 2.24) is 4.98 Å². The van der Waals surface area contributed by atoms with Gasteiger partial charge in [-0.1, -0.05) is 25.8 Å². The van der Waals surface area contributed by atoms with E-state index in [9.17, 15) is 0 Å². The standard InChI is InChI=1S/C12H18N2/c1-9(11(13)8-10-5-6-10)12-4-2-3-7-14-12/h2-4,7,9-11H,5-6,8,13H2,1H3. The molecule has 0 spiro atoms. The average Bonchev–Trinajstić information content (AvgIpc) is 3.02. The Labute approximate surface area is 85.5 Å². The van der Waals surface area contributed by atoms with Crippen molar-refractivity contribution >= 4 is 0 Å². The van der Waals surface area contributed by atoms with Crippen molar-refractivity contribution < 1.29 is 0 Å². The summed E-state index contributed by atoms with van der Waals surface area (Å²) in [4.78, 5) is 4.35. The van der Waals surface area contributed by atoms with Gasteiger partial charge < -0.3 is 5.73 Å². The van der Waals surface area contributed by atoms with Gasteiger partial charge in [0.25, 0.3) is 0 Å². The third-order valence-corrected chi connectivity index (χ3v) is 3.10. The molecule has 0 saturated heterocycles. The maximum absolute atomic E-state index is 6.15. The summed E-state index contributed by atoms with van der Waals surface area (Å²) in [5.41, 5.74) is 7.28. The molecule has 1 aliphatic rings. The number of pyridine rings is 1. The zero-order valence-electron chi connectivity index (χ0n) is 8.69. The van der Waals surface area contributed by atoms with Crippen molar-refractivity contribution in [3.8, 4) is 0 Å². The zero-order valence-corrected chi connectivity index (χ0v) is 8.69. The van der Waals surface area contributed by atoms with E-state index in [0.29, 0.717) is 5.92 Å². The molecule has 0 aliphatic heterocycles. The minimum atomic E-state index is 0.275. The summed E-state index contributed by atoms with van der Waals surface area (Å²) >= 11 is 0. The molecule has 1 aliphatic carbocycles. The fourth-order valence-electron chi connectivity index (χ4n) is 1.81. The fourth-order valence-corrected chi connectivity index (χ4v) is 1.81. The van der Waals surface area contributed by atoms with Gasteiger partial charge >= 0.3 is 0 Å². The van der Waals surface area contributed by atoms with Crippen LogP contribution in [0.25, 0.3) is 0 Å². The Morgan fingerprint density at radius 3 is 2.86 bits per heavy atom. The Morgan fingerprint density at radius 2 is 2.29 bits per heavy atom. The predicted octanol–water partition coefficient (Wildman–Crippen LogP) is 2.31. The molecule has 1 heterocycles. The van der Waals surface area contributed by atoms with Crippen LogP contribution in [0, 0.1) is 5.92 Å². The summed E-state index contributed by atoms with van der Waals surface area (Å²) in [5, 5.41) is 0. The summed E-state index contributed by atoms with van der Waals surface area (Å²) in [5.74, 6) is 1.29. The number of nitrogens with zero attached hydrogens (tertiary/aromatic N) is 1. The Kier molecular flexibility index (Phi) is 2.82. The lowest BCUT2D eigenvalue weighted by Crippen LogP contribution is -2.27. The highest BCUT2D eigenvalue weighted by Gasteiger charge is 2.27. The predicted molar refractivity (Wildman–Crippen MR) is 58.0 cm³/mol. The highest BCUT2D eigenvalue weighted by molar-refractivity contribution is 5.11. The zero-order chi connectivity index (χ0) is 9.97. The van der Waals surface area contributed by atoms with E-state index in [1.807, 2.05) is 18.3 Å². The summed E-state index contributed by atoms with van der Waals surface area (Å²) in [6.45, 7) is 2.18. The van der Waals surface area contributed by atoms with Crippen molar-refractivity contribution in [2.24, 2.45) is 11.7 Å². The molecule has 2 nitrogen and oxygen atoms in total. The Morgan fingerprint density at radius 1 is 1.50 bits per heavy atom. The minimum Gasteiger partial charge on any atom is -0.327 e. The highest BCUT2D eigenvalue weighted by atomic mass is 14.7. The molecular weight excluding hydrogens is 172 g/mol. The molecule has 0 aromatic carbocycles. The molecule has 2 rings (SSSR count). The van der Waals surface area contributed by atoms with E-state index in [4.69, 9.17) is 5.73 Å². The van der Waals surface area contributed by atoms with Gasteiger partial charge in [-0.05, 0) is 24.5 Å². The van der Waals surface area contributed by atoms with E-state index in [1.54, 1.807) is 0 Å². The van der Waals surface area contributed by atoms with Crippen LogP contribution >= 0.6 is 0 Å². The van der Waals surface area contributed by atoms with Crippen molar-refractivity contribution in [2.75, 3.05) is 0 Å². The molecule has 2 atom stereocenters. The summed E-state index contributed by atoms with van der Waals surface area (Å²) in [6.07, 6.45) is 5.76. The van der Waals surface area contributed by atoms with Gasteiger partial charge in [-0.25, -0.2) is 0 Å². The molecular formula is C12H18N2. The summed E-state index contributed by atoms with van der Waals surface area (Å²) in [7, 11) is 0. The molecule has 0 amide bonds. The molecule has 2 unspecified atom stereocenters. The van der Waals surface area contributed by atoms with E-state index in [-0.39, 0.29) is 6.04 Å². The Hall–Kier alpha value is -0.890. The highest BCUT2D eigenvalue weighted by Crippen LogP contribution is 2.35. The van der Waals surface area contributed by atoms with Gasteiger partial charge in [0, 0.05) is 23.9 Å². The van der Waals surface area contributed by atoms with E-state index in [2.05, 4.69) is 18.0 Å². The van der Waals surface area contributed by atoms with Crippen molar-refractivity contribution in [3.05, 3.63) is 30.1 Å². The van der Waals surface area contributed by atoms with Gasteiger partial charge in [-0.3, -0.25) is 4.98 Å². The third-order valence-electron chi connectivity index (χ3n) is 3.10. The number of aromatic nitrogens is 1. The molecule has 1 fully saturated rings. The van der Waals surface area contributed by atoms with Crippen LogP contribution in [0.1, 0.15) is 37.8 Å². The fraction of sp³-hybridized carbons (Fsp3) is 0.583. The summed E-state index contributed by atoms with van der Waals surface area (Å²) < 4.78 is 0. The van der Waals surface area contributed by atoms with Crippen LogP contribution in [-0.4, -0.2) is 11.0 Å². The first-order chi connectivity index (χ1) is 6.77. The first-order valence-electron chi connectivity index (χ1n) is 5.44. The number of hydrogen-bond acceptors (Lipinski definition) is 2. The first-order valence-corrected chi connectivity index (χ1v) is 5.44. The maximum Gasteiger partial charge on any atom is 0.0447 e. The Balaban J connectivity index is 1.96. The molecule has 0 bridgehead atoms. The largest absolute Gasteiger partial charge is 0.327 e. The quantitative estimate of drug-likeness (QED) is 0.791. The second-order valence-corrected chi connectivity index (χ2v) is 4.39. The molecule has 1 saturated carbocycles. The van der Waals surface area contributed by atoms with Gasteiger partial charge in [-0.2, -0.15) is 0 Å². The van der Waals surface area contributed by atoms with Crippen molar-refractivity contribution in [1.29, 1.82) is 0 Å². The van der Waals surface area contributed by atoms with Crippen LogP contribution in [0.5, 0.6) is 0 Å². The molecule has 14 heavy (non-hydrogen) atoms. The SMILES string of the molecule is CC(c1ccccn1)C(N)CC1CC1. The van der Waals surface area contributed by atoms with Gasteiger partial charge in [0.05, 0.1) is 0 Å². The van der Waals surface area contributed by atoms with Crippen LogP contribution in [0.4, 0.5) is 0 Å². The monoisotopic (exact) mass is 190 g/mol. The normalized spacial score (nSPS) is 20.4. The molecule has 76 valence electrons. The second kappa shape index (κ2) is 4.09. The lowest BCUT2D eigenvalue weighted by Gasteiger charge is -2.18. The van der Waals surface area contributed by atoms with Crippen molar-refractivity contribution in [3.63, 3.8) is 0 Å². The second-order valence-electron chi connectivity index (χ2n) is 4.39. The van der Waals surface area contributed by atoms with Gasteiger partial charge in [0.2, 0.25) is 0 Å². The van der Waals surface area contributed by atoms with Crippen LogP contribution in [0.2, 0.25) is 0 Å². The lowest BCUT2D eigenvalue weighted by atomic mass is 9.94. The number of rotatable bonds is 4. The van der Waals surface area contributed by atoms with Gasteiger partial charge in [-0.15, -0.1) is 0 Å². The van der Waals surface area contributed by atoms with Crippen LogP contribution in [0.15, 0.2) is 24.4 Å². The number of nitrogens with two attached hydrogens (primary N) is 1. The van der Waals surface area contributed by atoms with E-state index in [1.165, 1.54) is 12.8 Å². The molecule has 2 heteroatoms. The molecule has 0 radical (unpaired) electrons. The lowest BCUT2D eigenvalue weighted by molar-refractivity contribution is 0.492. The molecule has 1 aromatic heterocycles. The van der Waals surface area contributed by atoms with Gasteiger partial charge in [0.15, 0.2) is 0 Å². The third kappa shape index (κ3) is 2.32. The van der Waals surface area contributed by atoms with E-state index < -0.39 is 0 Å². The number of hydrogen-bond donors (Lipinski definition) is 1.